The van der Waals surface area contributed by atoms with E-state index in [4.69, 9.17) is 5.73 Å². The third-order valence-corrected chi connectivity index (χ3v) is 8.13. The number of aromatic hydroxyl groups is 1. The molecule has 7 N–H and O–H groups in total. The highest BCUT2D eigenvalue weighted by Gasteiger charge is 2.63. The summed E-state index contributed by atoms with van der Waals surface area (Å²) in [6, 6.07) is 6.22. The number of thiophene rings is 1. The molecule has 0 aliphatic heterocycles. The van der Waals surface area contributed by atoms with Crippen molar-refractivity contribution in [3.63, 3.8) is 0 Å². The SMILES string of the molecule is NC(=O)C1C2Cc3ccc(NC(=O)c4cccs4)c(O)c3C(=O)C2=C(O)C2(O)C(=O)CC(O)CC12. The fourth-order valence-corrected chi connectivity index (χ4v) is 6.32. The number of nitrogens with two attached hydrogens (primary N) is 1. The molecule has 1 fully saturated rings. The number of hydrogen-bond donors (Lipinski definition) is 6. The molecule has 5 unspecified atom stereocenters. The first kappa shape index (κ1) is 23.2. The third-order valence-electron chi connectivity index (χ3n) is 7.26. The van der Waals surface area contributed by atoms with Gasteiger partial charge in [0, 0.05) is 23.8 Å². The number of aliphatic hydroxyl groups excluding tert-OH is 2. The maximum atomic E-state index is 13.6. The van der Waals surface area contributed by atoms with Crippen LogP contribution < -0.4 is 11.1 Å². The maximum Gasteiger partial charge on any atom is 0.265 e. The Kier molecular flexibility index (Phi) is 5.31. The van der Waals surface area contributed by atoms with E-state index in [1.807, 2.05) is 0 Å². The molecule has 0 spiro atoms. The molecule has 2 amide bonds. The molecule has 1 heterocycles. The molecule has 1 aromatic carbocycles. The number of fused-ring (bicyclic) bond motifs is 3. The van der Waals surface area contributed by atoms with Crippen LogP contribution in [0, 0.1) is 17.8 Å². The van der Waals surface area contributed by atoms with Crippen molar-refractivity contribution in [2.45, 2.75) is 31.0 Å². The van der Waals surface area contributed by atoms with Gasteiger partial charge in [0.25, 0.3) is 5.91 Å². The zero-order valence-corrected chi connectivity index (χ0v) is 19.0. The molecule has 182 valence electrons. The van der Waals surface area contributed by atoms with Gasteiger partial charge in [0.05, 0.1) is 28.1 Å². The highest BCUT2D eigenvalue weighted by Crippen LogP contribution is 2.53. The summed E-state index contributed by atoms with van der Waals surface area (Å²) in [5.74, 6) is -8.00. The van der Waals surface area contributed by atoms with Crippen molar-refractivity contribution in [1.29, 1.82) is 0 Å². The number of anilines is 1. The number of rotatable bonds is 3. The minimum absolute atomic E-state index is 0.00233. The topological polar surface area (TPSA) is 187 Å². The molecule has 0 radical (unpaired) electrons. The molecule has 35 heavy (non-hydrogen) atoms. The van der Waals surface area contributed by atoms with Gasteiger partial charge in [-0.25, -0.2) is 0 Å². The Hall–Kier alpha value is -3.54. The lowest BCUT2D eigenvalue weighted by Crippen LogP contribution is -2.63. The number of allylic oxidation sites excluding steroid dienone is 1. The predicted molar refractivity (Wildman–Crippen MR) is 123 cm³/mol. The van der Waals surface area contributed by atoms with E-state index >= 15 is 0 Å². The lowest BCUT2D eigenvalue weighted by atomic mass is 9.55. The van der Waals surface area contributed by atoms with Gasteiger partial charge in [-0.1, -0.05) is 12.1 Å². The fourth-order valence-electron chi connectivity index (χ4n) is 5.70. The Morgan fingerprint density at radius 3 is 2.54 bits per heavy atom. The molecule has 3 aliphatic carbocycles. The van der Waals surface area contributed by atoms with Crippen LogP contribution in [0.25, 0.3) is 0 Å². The summed E-state index contributed by atoms with van der Waals surface area (Å²) in [5, 5.41) is 47.6. The van der Waals surface area contributed by atoms with Crippen LogP contribution in [0.2, 0.25) is 0 Å². The molecular formula is C24H22N2O8S. The van der Waals surface area contributed by atoms with E-state index in [9.17, 15) is 39.6 Å². The number of hydrogen-bond acceptors (Lipinski definition) is 9. The zero-order chi connectivity index (χ0) is 25.2. The van der Waals surface area contributed by atoms with Gasteiger partial charge in [-0.3, -0.25) is 19.2 Å². The molecule has 2 aromatic rings. The van der Waals surface area contributed by atoms with E-state index in [0.717, 1.165) is 0 Å². The van der Waals surface area contributed by atoms with Gasteiger partial charge in [-0.05, 0) is 35.9 Å². The molecule has 5 atom stereocenters. The van der Waals surface area contributed by atoms with Crippen LogP contribution in [0.3, 0.4) is 0 Å². The van der Waals surface area contributed by atoms with E-state index in [-0.39, 0.29) is 29.7 Å². The lowest BCUT2D eigenvalue weighted by Gasteiger charge is -2.50. The summed E-state index contributed by atoms with van der Waals surface area (Å²) in [4.78, 5) is 51.7. The van der Waals surface area contributed by atoms with E-state index in [1.54, 1.807) is 17.5 Å². The molecule has 3 aliphatic rings. The van der Waals surface area contributed by atoms with Gasteiger partial charge in [-0.2, -0.15) is 0 Å². The van der Waals surface area contributed by atoms with Gasteiger partial charge in [0.2, 0.25) is 5.91 Å². The number of carbonyl (C=O) groups excluding carboxylic acids is 4. The fraction of sp³-hybridized carbons (Fsp3) is 0.333. The van der Waals surface area contributed by atoms with Crippen LogP contribution >= 0.6 is 11.3 Å². The van der Waals surface area contributed by atoms with Crippen molar-refractivity contribution in [2.75, 3.05) is 5.32 Å². The van der Waals surface area contributed by atoms with Crippen molar-refractivity contribution in [1.82, 2.24) is 0 Å². The van der Waals surface area contributed by atoms with Crippen molar-refractivity contribution >= 4 is 40.4 Å². The van der Waals surface area contributed by atoms with E-state index < -0.39 is 70.8 Å². The first-order chi connectivity index (χ1) is 16.6. The Balaban J connectivity index is 1.62. The standard InChI is InChI=1S/C24H22N2O8S/c25-22(32)17-11-6-9-3-4-13(26-23(33)14-2-1-5-35-14)19(29)16(9)20(30)18(11)21(31)24(34)12(17)7-10(27)8-15(24)28/h1-5,10-12,17,27,29,31,34H,6-8H2,(H2,25,32)(H,26,33). The summed E-state index contributed by atoms with van der Waals surface area (Å²) in [6.07, 6.45) is -1.76. The summed E-state index contributed by atoms with van der Waals surface area (Å²) < 4.78 is 0. The Morgan fingerprint density at radius 1 is 1.14 bits per heavy atom. The Morgan fingerprint density at radius 2 is 1.89 bits per heavy atom. The van der Waals surface area contributed by atoms with E-state index in [1.165, 1.54) is 23.5 Å². The summed E-state index contributed by atoms with van der Waals surface area (Å²) in [5.41, 5.74) is 2.82. The van der Waals surface area contributed by atoms with E-state index in [2.05, 4.69) is 5.32 Å². The molecular weight excluding hydrogens is 476 g/mol. The number of nitrogens with one attached hydrogen (secondary N) is 1. The van der Waals surface area contributed by atoms with Crippen LogP contribution in [-0.4, -0.2) is 55.5 Å². The number of aliphatic hydroxyl groups is 3. The van der Waals surface area contributed by atoms with Gasteiger partial charge < -0.3 is 31.5 Å². The van der Waals surface area contributed by atoms with Crippen LogP contribution in [0.1, 0.15) is 38.4 Å². The number of carbonyl (C=O) groups is 4. The number of Topliss-reactive ketones (excluding diaryl/α,β-unsaturated/α-hetero) is 2. The first-order valence-electron chi connectivity index (χ1n) is 11.0. The normalized spacial score (nSPS) is 29.8. The predicted octanol–water partition coefficient (Wildman–Crippen LogP) is 1.06. The number of benzene rings is 1. The second-order valence-corrected chi connectivity index (χ2v) is 10.1. The van der Waals surface area contributed by atoms with Crippen LogP contribution in [-0.2, 0) is 16.0 Å². The third kappa shape index (κ3) is 3.30. The summed E-state index contributed by atoms with van der Waals surface area (Å²) in [6.45, 7) is 0. The molecule has 11 heteroatoms. The summed E-state index contributed by atoms with van der Waals surface area (Å²) in [7, 11) is 0. The van der Waals surface area contributed by atoms with Crippen molar-refractivity contribution in [2.24, 2.45) is 23.5 Å². The largest absolute Gasteiger partial charge is 0.508 e. The first-order valence-corrected chi connectivity index (χ1v) is 11.8. The summed E-state index contributed by atoms with van der Waals surface area (Å²) >= 11 is 1.19. The molecule has 5 rings (SSSR count). The average molecular weight is 499 g/mol. The zero-order valence-electron chi connectivity index (χ0n) is 18.2. The monoisotopic (exact) mass is 498 g/mol. The van der Waals surface area contributed by atoms with Crippen molar-refractivity contribution < 1.29 is 39.6 Å². The number of amides is 2. The van der Waals surface area contributed by atoms with Crippen molar-refractivity contribution in [3.05, 3.63) is 57.0 Å². The molecule has 1 saturated carbocycles. The van der Waals surface area contributed by atoms with Gasteiger partial charge in [0.1, 0.15) is 5.76 Å². The second kappa shape index (κ2) is 8.01. The second-order valence-electron chi connectivity index (χ2n) is 9.15. The van der Waals surface area contributed by atoms with Crippen LogP contribution in [0.5, 0.6) is 5.75 Å². The van der Waals surface area contributed by atoms with Crippen LogP contribution in [0.15, 0.2) is 41.0 Å². The molecule has 1 aromatic heterocycles. The number of primary amides is 1. The Bertz CT molecular complexity index is 1320. The lowest BCUT2D eigenvalue weighted by molar-refractivity contribution is -0.163. The van der Waals surface area contributed by atoms with Gasteiger partial charge >= 0.3 is 0 Å². The van der Waals surface area contributed by atoms with Crippen molar-refractivity contribution in [3.8, 4) is 5.75 Å². The smallest absolute Gasteiger partial charge is 0.265 e. The van der Waals surface area contributed by atoms with Gasteiger partial charge in [0.15, 0.2) is 22.9 Å². The number of phenolic OH excluding ortho intramolecular Hbond substituents is 1. The van der Waals surface area contributed by atoms with Crippen LogP contribution in [0.4, 0.5) is 5.69 Å². The maximum absolute atomic E-state index is 13.6. The number of phenols is 1. The minimum atomic E-state index is -2.56. The van der Waals surface area contributed by atoms with Gasteiger partial charge in [-0.15, -0.1) is 11.3 Å². The minimum Gasteiger partial charge on any atom is -0.508 e. The average Bonchev–Trinajstić information content (AvgIpc) is 3.33. The number of ketones is 2. The molecule has 10 nitrogen and oxygen atoms in total. The molecule has 0 saturated heterocycles. The van der Waals surface area contributed by atoms with E-state index in [0.29, 0.717) is 10.4 Å². The highest BCUT2D eigenvalue weighted by molar-refractivity contribution is 7.12. The Labute approximate surface area is 202 Å². The quantitative estimate of drug-likeness (QED) is 0.339. The molecule has 0 bridgehead atoms. The highest BCUT2D eigenvalue weighted by atomic mass is 32.1.